The molecule has 5 heteroatoms. The molecule has 0 aliphatic carbocycles. The third-order valence-electron chi connectivity index (χ3n) is 8.58. The summed E-state index contributed by atoms with van der Waals surface area (Å²) in [5, 5.41) is 9.51. The van der Waals surface area contributed by atoms with E-state index in [1.54, 1.807) is 0 Å². The number of rotatable bonds is 37. The molecule has 0 spiro atoms. The monoisotopic (exact) mass is 747 g/mol. The first kappa shape index (κ1) is 50.6. The molecule has 1 atom stereocenters. The Morgan fingerprint density at radius 3 is 1.20 bits per heavy atom. The molecule has 1 unspecified atom stereocenters. The molecule has 304 valence electrons. The predicted molar refractivity (Wildman–Crippen MR) is 232 cm³/mol. The summed E-state index contributed by atoms with van der Waals surface area (Å²) in [6, 6.07) is 0. The maximum atomic E-state index is 12.1. The van der Waals surface area contributed by atoms with E-state index in [0.29, 0.717) is 12.8 Å². The molecule has 0 aromatic heterocycles. The Morgan fingerprint density at radius 1 is 0.444 bits per heavy atom. The Bertz CT molecular complexity index is 1120. The third kappa shape index (κ3) is 41.3. The van der Waals surface area contributed by atoms with Crippen LogP contribution in [0.3, 0.4) is 0 Å². The van der Waals surface area contributed by atoms with Gasteiger partial charge >= 0.3 is 11.9 Å². The van der Waals surface area contributed by atoms with Crippen molar-refractivity contribution in [3.63, 3.8) is 0 Å². The van der Waals surface area contributed by atoms with Gasteiger partial charge in [0, 0.05) is 12.8 Å². The first-order chi connectivity index (χ1) is 26.6. The van der Waals surface area contributed by atoms with E-state index in [1.807, 2.05) is 0 Å². The lowest BCUT2D eigenvalue weighted by Crippen LogP contribution is -2.28. The largest absolute Gasteiger partial charge is 0.462 e. The molecule has 0 radical (unpaired) electrons. The molecule has 0 heterocycles. The molecule has 0 bridgehead atoms. The maximum absolute atomic E-state index is 12.1. The summed E-state index contributed by atoms with van der Waals surface area (Å²) in [6.07, 6.45) is 63.2. The van der Waals surface area contributed by atoms with Gasteiger partial charge in [-0.15, -0.1) is 0 Å². The van der Waals surface area contributed by atoms with Gasteiger partial charge in [-0.3, -0.25) is 9.59 Å². The van der Waals surface area contributed by atoms with Gasteiger partial charge in [0.25, 0.3) is 0 Å². The minimum Gasteiger partial charge on any atom is -0.462 e. The number of aliphatic hydroxyl groups is 1. The first-order valence-electron chi connectivity index (χ1n) is 21.4. The zero-order chi connectivity index (χ0) is 39.3. The number of carbonyl (C=O) groups is 2. The van der Waals surface area contributed by atoms with Crippen LogP contribution >= 0.6 is 0 Å². The number of hydrogen-bond acceptors (Lipinski definition) is 5. The fraction of sp³-hybridized carbons (Fsp3) is 0.592. The number of ether oxygens (including phenoxy) is 2. The molecule has 0 aromatic rings. The second kappa shape index (κ2) is 44.0. The van der Waals surface area contributed by atoms with Gasteiger partial charge < -0.3 is 14.6 Å². The standard InChI is InChI=1S/C49H78O5/c1-3-5-7-9-11-12-13-14-15-16-17-18-19-20-21-22-23-24-25-26-27-28-29-30-31-32-33-34-35-36-38-40-42-44-49(52)54-47(45-50)46-53-48(51)43-41-39-37-10-8-6-4-2/h5,7,11-12,14-15,17-18,20-21,23-24,26-27,29-30,32-33,47,50H,3-4,6,8-10,13,16,19,22,25,28,31,34-46H2,1-2H3/b7-5-,12-11-,15-14-,18-17-,21-20-,24-23-,27-26-,30-29-,33-32-. The topological polar surface area (TPSA) is 72.8 Å². The summed E-state index contributed by atoms with van der Waals surface area (Å²) in [6.45, 7) is 3.94. The fourth-order valence-electron chi connectivity index (χ4n) is 5.37. The number of aliphatic hydroxyl groups excluding tert-OH is 1. The van der Waals surface area contributed by atoms with Gasteiger partial charge in [0.05, 0.1) is 6.61 Å². The Balaban J connectivity index is 3.66. The lowest BCUT2D eigenvalue weighted by atomic mass is 10.1. The van der Waals surface area contributed by atoms with Crippen LogP contribution in [0.2, 0.25) is 0 Å². The summed E-state index contributed by atoms with van der Waals surface area (Å²) >= 11 is 0. The summed E-state index contributed by atoms with van der Waals surface area (Å²) in [5.74, 6) is -0.630. The smallest absolute Gasteiger partial charge is 0.306 e. The highest BCUT2D eigenvalue weighted by Crippen LogP contribution is 2.11. The first-order valence-corrected chi connectivity index (χ1v) is 21.4. The minimum absolute atomic E-state index is 0.0797. The Labute approximate surface area is 331 Å². The van der Waals surface area contributed by atoms with Crippen LogP contribution in [0.1, 0.15) is 168 Å². The molecule has 0 saturated carbocycles. The number of unbranched alkanes of at least 4 members (excludes halogenated alkanes) is 11. The predicted octanol–water partition coefficient (Wildman–Crippen LogP) is 13.8. The van der Waals surface area contributed by atoms with Crippen LogP contribution in [0, 0.1) is 0 Å². The highest BCUT2D eigenvalue weighted by molar-refractivity contribution is 5.70. The second-order valence-electron chi connectivity index (χ2n) is 13.7. The van der Waals surface area contributed by atoms with E-state index in [1.165, 1.54) is 25.7 Å². The Morgan fingerprint density at radius 2 is 0.796 bits per heavy atom. The van der Waals surface area contributed by atoms with Gasteiger partial charge in [-0.05, 0) is 83.5 Å². The van der Waals surface area contributed by atoms with Crippen LogP contribution in [-0.2, 0) is 19.1 Å². The van der Waals surface area contributed by atoms with E-state index in [-0.39, 0.29) is 25.2 Å². The number of carbonyl (C=O) groups excluding carboxylic acids is 2. The van der Waals surface area contributed by atoms with Crippen LogP contribution in [0.5, 0.6) is 0 Å². The van der Waals surface area contributed by atoms with Crippen molar-refractivity contribution < 1.29 is 24.2 Å². The van der Waals surface area contributed by atoms with E-state index in [2.05, 4.69) is 123 Å². The molecule has 0 rings (SSSR count). The molecule has 5 nitrogen and oxygen atoms in total. The molecular weight excluding hydrogens is 669 g/mol. The van der Waals surface area contributed by atoms with Gasteiger partial charge in [-0.2, -0.15) is 0 Å². The summed E-state index contributed by atoms with van der Waals surface area (Å²) in [4.78, 5) is 24.1. The van der Waals surface area contributed by atoms with Crippen molar-refractivity contribution in [1.29, 1.82) is 0 Å². The number of hydrogen-bond donors (Lipinski definition) is 1. The summed E-state index contributed by atoms with van der Waals surface area (Å²) in [5.41, 5.74) is 0. The minimum atomic E-state index is -0.785. The average Bonchev–Trinajstić information content (AvgIpc) is 3.17. The number of esters is 2. The third-order valence-corrected chi connectivity index (χ3v) is 8.58. The van der Waals surface area contributed by atoms with Crippen LogP contribution in [0.25, 0.3) is 0 Å². The molecule has 0 aromatic carbocycles. The Hall–Kier alpha value is -3.44. The second-order valence-corrected chi connectivity index (χ2v) is 13.7. The van der Waals surface area contributed by atoms with Gasteiger partial charge in [0.15, 0.2) is 6.10 Å². The average molecular weight is 747 g/mol. The van der Waals surface area contributed by atoms with Gasteiger partial charge in [-0.25, -0.2) is 0 Å². The zero-order valence-electron chi connectivity index (χ0n) is 34.4. The van der Waals surface area contributed by atoms with Gasteiger partial charge in [0.1, 0.15) is 6.61 Å². The molecular formula is C49H78O5. The van der Waals surface area contributed by atoms with Crippen LogP contribution in [0.4, 0.5) is 0 Å². The van der Waals surface area contributed by atoms with Crippen LogP contribution in [-0.4, -0.2) is 36.4 Å². The van der Waals surface area contributed by atoms with E-state index in [0.717, 1.165) is 116 Å². The van der Waals surface area contributed by atoms with Crippen molar-refractivity contribution in [2.24, 2.45) is 0 Å². The van der Waals surface area contributed by atoms with Crippen molar-refractivity contribution in [2.75, 3.05) is 13.2 Å². The van der Waals surface area contributed by atoms with Crippen LogP contribution < -0.4 is 0 Å². The molecule has 0 saturated heterocycles. The molecule has 0 fully saturated rings. The molecule has 54 heavy (non-hydrogen) atoms. The van der Waals surface area contributed by atoms with Crippen molar-refractivity contribution in [1.82, 2.24) is 0 Å². The molecule has 0 amide bonds. The van der Waals surface area contributed by atoms with Crippen molar-refractivity contribution in [3.8, 4) is 0 Å². The van der Waals surface area contributed by atoms with Crippen molar-refractivity contribution in [2.45, 2.75) is 174 Å². The molecule has 0 aliphatic heterocycles. The SMILES string of the molecule is CC/C=C\C/C=C\C/C=C\C/C=C\C/C=C\C/C=C\C/C=C\C/C=C\C/C=C\CCCCCCCC(=O)OC(CO)COC(=O)CCCCCCCCC. The quantitative estimate of drug-likeness (QED) is 0.0389. The number of allylic oxidation sites excluding steroid dienone is 18. The molecule has 0 aliphatic rings. The summed E-state index contributed by atoms with van der Waals surface area (Å²) < 4.78 is 10.5. The lowest BCUT2D eigenvalue weighted by Gasteiger charge is -2.15. The van der Waals surface area contributed by atoms with E-state index < -0.39 is 6.10 Å². The highest BCUT2D eigenvalue weighted by Gasteiger charge is 2.16. The van der Waals surface area contributed by atoms with Crippen molar-refractivity contribution >= 4 is 11.9 Å². The van der Waals surface area contributed by atoms with Gasteiger partial charge in [-0.1, -0.05) is 181 Å². The lowest BCUT2D eigenvalue weighted by molar-refractivity contribution is -0.161. The zero-order valence-corrected chi connectivity index (χ0v) is 34.4. The fourth-order valence-corrected chi connectivity index (χ4v) is 5.37. The van der Waals surface area contributed by atoms with E-state index >= 15 is 0 Å². The normalized spacial score (nSPS) is 13.3. The Kier molecular flexibility index (Phi) is 41.2. The van der Waals surface area contributed by atoms with Crippen LogP contribution in [0.15, 0.2) is 109 Å². The van der Waals surface area contributed by atoms with Crippen molar-refractivity contribution in [3.05, 3.63) is 109 Å². The van der Waals surface area contributed by atoms with Gasteiger partial charge in [0.2, 0.25) is 0 Å². The molecule has 1 N–H and O–H groups in total. The summed E-state index contributed by atoms with van der Waals surface area (Å²) in [7, 11) is 0. The van der Waals surface area contributed by atoms with E-state index in [9.17, 15) is 14.7 Å². The maximum Gasteiger partial charge on any atom is 0.306 e. The highest BCUT2D eigenvalue weighted by atomic mass is 16.6. The van der Waals surface area contributed by atoms with E-state index in [4.69, 9.17) is 9.47 Å².